The van der Waals surface area contributed by atoms with Crippen molar-refractivity contribution in [1.82, 2.24) is 24.6 Å². The zero-order valence-electron chi connectivity index (χ0n) is 15.3. The van der Waals surface area contributed by atoms with E-state index in [0.29, 0.717) is 13.1 Å². The Morgan fingerprint density at radius 3 is 3.04 bits per heavy atom. The molecule has 8 heteroatoms. The summed E-state index contributed by atoms with van der Waals surface area (Å²) in [7, 11) is 1.89. The van der Waals surface area contributed by atoms with Crippen molar-refractivity contribution in [3.63, 3.8) is 0 Å². The Labute approximate surface area is 161 Å². The highest BCUT2D eigenvalue weighted by Crippen LogP contribution is 2.37. The summed E-state index contributed by atoms with van der Waals surface area (Å²) < 4.78 is 2.80. The van der Waals surface area contributed by atoms with Crippen molar-refractivity contribution in [2.45, 2.75) is 25.3 Å². The smallest absolute Gasteiger partial charge is 0.245 e. The normalized spacial score (nSPS) is 17.4. The molecule has 2 N–H and O–H groups in total. The number of nitrogens with two attached hydrogens (primary N) is 1. The Balaban J connectivity index is 1.77. The predicted molar refractivity (Wildman–Crippen MR) is 106 cm³/mol. The molecule has 1 amide bonds. The molecule has 0 aliphatic carbocycles. The Morgan fingerprint density at radius 2 is 2.33 bits per heavy atom. The highest BCUT2D eigenvalue weighted by atomic mass is 32.1. The topological polar surface area (TPSA) is 89.9 Å². The third kappa shape index (κ3) is 3.26. The van der Waals surface area contributed by atoms with E-state index >= 15 is 0 Å². The number of aromatic nitrogens is 4. The van der Waals surface area contributed by atoms with Gasteiger partial charge in [-0.3, -0.25) is 14.5 Å². The first-order valence-corrected chi connectivity index (χ1v) is 9.81. The largest absolute Gasteiger partial charge is 0.339 e. The van der Waals surface area contributed by atoms with Gasteiger partial charge in [-0.15, -0.1) is 11.3 Å². The van der Waals surface area contributed by atoms with Crippen molar-refractivity contribution in [1.29, 1.82) is 0 Å². The summed E-state index contributed by atoms with van der Waals surface area (Å²) in [5.74, 6) is 0.199. The fraction of sp³-hybridized carbons (Fsp3) is 0.368. The van der Waals surface area contributed by atoms with Crippen LogP contribution < -0.4 is 5.73 Å². The SMILES string of the molecule is C=CC(=O)N1CCC[C@@H](c2cnc(CN)c3sc(-c4cnn(C)c4)nc23)C1. The van der Waals surface area contributed by atoms with Gasteiger partial charge in [-0.05, 0) is 18.9 Å². The van der Waals surface area contributed by atoms with Gasteiger partial charge in [-0.2, -0.15) is 5.10 Å². The third-order valence-corrected chi connectivity index (χ3v) is 6.17. The van der Waals surface area contributed by atoms with Crippen LogP contribution in [0.1, 0.15) is 30.0 Å². The van der Waals surface area contributed by atoms with Crippen molar-refractivity contribution < 1.29 is 4.79 Å². The molecule has 1 saturated heterocycles. The average Bonchev–Trinajstić information content (AvgIpc) is 3.33. The minimum atomic E-state index is -0.0168. The monoisotopic (exact) mass is 382 g/mol. The number of hydrogen-bond acceptors (Lipinski definition) is 6. The number of fused-ring (bicyclic) bond motifs is 1. The highest BCUT2D eigenvalue weighted by Gasteiger charge is 2.27. The Kier molecular flexibility index (Phi) is 4.75. The van der Waals surface area contributed by atoms with Crippen LogP contribution >= 0.6 is 11.3 Å². The molecule has 0 aromatic carbocycles. The van der Waals surface area contributed by atoms with Gasteiger partial charge in [-0.25, -0.2) is 4.98 Å². The van der Waals surface area contributed by atoms with E-state index in [2.05, 4.69) is 16.7 Å². The predicted octanol–water partition coefficient (Wildman–Crippen LogP) is 2.44. The van der Waals surface area contributed by atoms with Crippen molar-refractivity contribution in [3.05, 3.63) is 42.5 Å². The number of hydrogen-bond donors (Lipinski definition) is 1. The van der Waals surface area contributed by atoms with Crippen LogP contribution in [-0.4, -0.2) is 43.6 Å². The number of rotatable bonds is 4. The van der Waals surface area contributed by atoms with Crippen LogP contribution in [-0.2, 0) is 18.4 Å². The van der Waals surface area contributed by atoms with Gasteiger partial charge in [0.1, 0.15) is 5.01 Å². The summed E-state index contributed by atoms with van der Waals surface area (Å²) in [6.45, 7) is 5.43. The first-order valence-electron chi connectivity index (χ1n) is 8.99. The van der Waals surface area contributed by atoms with Crippen molar-refractivity contribution in [2.24, 2.45) is 12.8 Å². The molecule has 0 bridgehead atoms. The zero-order chi connectivity index (χ0) is 19.0. The quantitative estimate of drug-likeness (QED) is 0.700. The van der Waals surface area contributed by atoms with Crippen molar-refractivity contribution >= 4 is 27.5 Å². The average molecular weight is 382 g/mol. The minimum Gasteiger partial charge on any atom is -0.339 e. The second-order valence-electron chi connectivity index (χ2n) is 6.79. The number of piperidine rings is 1. The van der Waals surface area contributed by atoms with Gasteiger partial charge in [-0.1, -0.05) is 6.58 Å². The van der Waals surface area contributed by atoms with Crippen LogP contribution in [0.2, 0.25) is 0 Å². The van der Waals surface area contributed by atoms with Crippen LogP contribution in [0.3, 0.4) is 0 Å². The molecule has 0 radical (unpaired) electrons. The molecular formula is C19H22N6OS. The number of aryl methyl sites for hydroxylation is 1. The zero-order valence-corrected chi connectivity index (χ0v) is 16.1. The van der Waals surface area contributed by atoms with E-state index in [1.54, 1.807) is 16.0 Å². The van der Waals surface area contributed by atoms with Gasteiger partial charge in [0.2, 0.25) is 5.91 Å². The number of carbonyl (C=O) groups is 1. The Hall–Kier alpha value is -2.58. The molecule has 3 aromatic heterocycles. The van der Waals surface area contributed by atoms with Crippen LogP contribution in [0, 0.1) is 0 Å². The van der Waals surface area contributed by atoms with E-state index < -0.39 is 0 Å². The summed E-state index contributed by atoms with van der Waals surface area (Å²) >= 11 is 1.60. The summed E-state index contributed by atoms with van der Waals surface area (Å²) in [6, 6.07) is 0. The van der Waals surface area contributed by atoms with E-state index in [-0.39, 0.29) is 11.8 Å². The molecule has 0 saturated carbocycles. The molecule has 140 valence electrons. The summed E-state index contributed by atoms with van der Waals surface area (Å²) in [4.78, 5) is 23.4. The fourth-order valence-electron chi connectivity index (χ4n) is 3.64. The second-order valence-corrected chi connectivity index (χ2v) is 7.79. The molecular weight excluding hydrogens is 360 g/mol. The van der Waals surface area contributed by atoms with Crippen LogP contribution in [0.15, 0.2) is 31.2 Å². The first-order chi connectivity index (χ1) is 13.1. The fourth-order valence-corrected chi connectivity index (χ4v) is 4.71. The lowest BCUT2D eigenvalue weighted by Gasteiger charge is -2.32. The van der Waals surface area contributed by atoms with Gasteiger partial charge in [0.05, 0.1) is 22.1 Å². The molecule has 0 spiro atoms. The number of amides is 1. The number of likely N-dealkylation sites (tertiary alicyclic amines) is 1. The first kappa shape index (κ1) is 17.8. The second kappa shape index (κ2) is 7.21. The van der Waals surface area contributed by atoms with Crippen molar-refractivity contribution in [3.8, 4) is 10.6 Å². The highest BCUT2D eigenvalue weighted by molar-refractivity contribution is 7.21. The van der Waals surface area contributed by atoms with E-state index in [1.165, 1.54) is 6.08 Å². The molecule has 1 fully saturated rings. The van der Waals surface area contributed by atoms with E-state index in [4.69, 9.17) is 10.7 Å². The maximum absolute atomic E-state index is 12.1. The lowest BCUT2D eigenvalue weighted by atomic mass is 9.90. The molecule has 7 nitrogen and oxygen atoms in total. The van der Waals surface area contributed by atoms with Crippen LogP contribution in [0.4, 0.5) is 0 Å². The van der Waals surface area contributed by atoms with E-state index in [1.807, 2.05) is 30.5 Å². The Bertz CT molecular complexity index is 1010. The molecule has 1 aliphatic heterocycles. The maximum Gasteiger partial charge on any atom is 0.245 e. The van der Waals surface area contributed by atoms with Gasteiger partial charge in [0.15, 0.2) is 0 Å². The molecule has 4 heterocycles. The lowest BCUT2D eigenvalue weighted by Crippen LogP contribution is -2.38. The third-order valence-electron chi connectivity index (χ3n) is 5.01. The number of nitrogens with zero attached hydrogens (tertiary/aromatic N) is 5. The van der Waals surface area contributed by atoms with Gasteiger partial charge >= 0.3 is 0 Å². The lowest BCUT2D eigenvalue weighted by molar-refractivity contribution is -0.127. The van der Waals surface area contributed by atoms with Gasteiger partial charge < -0.3 is 10.6 Å². The molecule has 1 atom stereocenters. The van der Waals surface area contributed by atoms with Gasteiger partial charge in [0, 0.05) is 56.1 Å². The molecule has 3 aromatic rings. The van der Waals surface area contributed by atoms with Crippen LogP contribution in [0.25, 0.3) is 20.8 Å². The summed E-state index contributed by atoms with van der Waals surface area (Å²) in [5.41, 5.74) is 9.80. The molecule has 0 unspecified atom stereocenters. The molecule has 4 rings (SSSR count). The van der Waals surface area contributed by atoms with Crippen molar-refractivity contribution in [2.75, 3.05) is 13.1 Å². The number of pyridine rings is 1. The van der Waals surface area contributed by atoms with E-state index in [0.717, 1.165) is 51.4 Å². The minimum absolute atomic E-state index is 0.0168. The maximum atomic E-state index is 12.1. The number of thiazole rings is 1. The summed E-state index contributed by atoms with van der Waals surface area (Å²) in [6.07, 6.45) is 9.03. The molecule has 1 aliphatic rings. The molecule has 27 heavy (non-hydrogen) atoms. The van der Waals surface area contributed by atoms with E-state index in [9.17, 15) is 4.79 Å². The summed E-state index contributed by atoms with van der Waals surface area (Å²) in [5, 5.41) is 5.16. The van der Waals surface area contributed by atoms with Crippen LogP contribution in [0.5, 0.6) is 0 Å². The Morgan fingerprint density at radius 1 is 1.48 bits per heavy atom. The van der Waals surface area contributed by atoms with Gasteiger partial charge in [0.25, 0.3) is 0 Å². The standard InChI is InChI=1S/C19H22N6OS/c1-3-16(26)25-6-4-5-12(11-25)14-9-21-15(7-20)18-17(14)23-19(27-18)13-8-22-24(2)10-13/h3,8-10,12H,1,4-7,11,20H2,2H3/t12-/m1/s1. The number of carbonyl (C=O) groups excluding carboxylic acids is 1.